The molecule has 1 rings (SSSR count). The van der Waals surface area contributed by atoms with Crippen LogP contribution in [-0.2, 0) is 6.54 Å². The Bertz CT molecular complexity index is 401. The van der Waals surface area contributed by atoms with Crippen LogP contribution in [0.4, 0.5) is 4.39 Å². The predicted molar refractivity (Wildman–Crippen MR) is 78.1 cm³/mol. The van der Waals surface area contributed by atoms with Gasteiger partial charge in [0.1, 0.15) is 10.8 Å². The zero-order chi connectivity index (χ0) is 13.5. The van der Waals surface area contributed by atoms with Gasteiger partial charge in [-0.2, -0.15) is 0 Å². The van der Waals surface area contributed by atoms with Crippen molar-refractivity contribution in [2.75, 3.05) is 13.1 Å². The third kappa shape index (κ3) is 4.70. The molecule has 1 aromatic carbocycles. The third-order valence-electron chi connectivity index (χ3n) is 2.73. The molecule has 0 aliphatic heterocycles. The SMILES string of the molecule is CCCN(CCC)Cc1cc(F)cc(C(N)=S)c1. The molecule has 0 aliphatic rings. The lowest BCUT2D eigenvalue weighted by Gasteiger charge is -2.21. The highest BCUT2D eigenvalue weighted by atomic mass is 32.1. The number of hydrogen-bond donors (Lipinski definition) is 1. The lowest BCUT2D eigenvalue weighted by atomic mass is 10.1. The van der Waals surface area contributed by atoms with Crippen molar-refractivity contribution in [3.63, 3.8) is 0 Å². The van der Waals surface area contributed by atoms with E-state index in [1.165, 1.54) is 6.07 Å². The van der Waals surface area contributed by atoms with Crippen LogP contribution in [-0.4, -0.2) is 23.0 Å². The zero-order valence-corrected chi connectivity index (χ0v) is 11.9. The van der Waals surface area contributed by atoms with Crippen LogP contribution in [0.25, 0.3) is 0 Å². The molecule has 0 fully saturated rings. The number of hydrogen-bond acceptors (Lipinski definition) is 2. The summed E-state index contributed by atoms with van der Waals surface area (Å²) in [5.74, 6) is -0.275. The number of benzene rings is 1. The number of nitrogens with two attached hydrogens (primary N) is 1. The summed E-state index contributed by atoms with van der Waals surface area (Å²) >= 11 is 4.89. The molecule has 0 heterocycles. The van der Waals surface area contributed by atoms with Gasteiger partial charge >= 0.3 is 0 Å². The number of rotatable bonds is 7. The molecule has 2 N–H and O–H groups in total. The molecule has 4 heteroatoms. The molecular weight excluding hydrogens is 247 g/mol. The highest BCUT2D eigenvalue weighted by molar-refractivity contribution is 7.80. The normalized spacial score (nSPS) is 10.9. The first kappa shape index (κ1) is 15.1. The van der Waals surface area contributed by atoms with E-state index >= 15 is 0 Å². The van der Waals surface area contributed by atoms with E-state index in [1.54, 1.807) is 6.07 Å². The molecule has 0 saturated heterocycles. The Balaban J connectivity index is 2.84. The molecule has 0 bridgehead atoms. The summed E-state index contributed by atoms with van der Waals surface area (Å²) in [7, 11) is 0. The van der Waals surface area contributed by atoms with Crippen LogP contribution in [0.2, 0.25) is 0 Å². The minimum absolute atomic E-state index is 0.244. The molecule has 0 atom stereocenters. The maximum Gasteiger partial charge on any atom is 0.124 e. The maximum absolute atomic E-state index is 13.5. The fourth-order valence-electron chi connectivity index (χ4n) is 2.04. The summed E-state index contributed by atoms with van der Waals surface area (Å²) in [6.45, 7) is 7.08. The molecule has 0 aliphatic carbocycles. The second-order valence-electron chi connectivity index (χ2n) is 4.49. The summed E-state index contributed by atoms with van der Waals surface area (Å²) in [5.41, 5.74) is 7.09. The van der Waals surface area contributed by atoms with Gasteiger partial charge in [-0.1, -0.05) is 26.1 Å². The monoisotopic (exact) mass is 268 g/mol. The van der Waals surface area contributed by atoms with Gasteiger partial charge in [0.25, 0.3) is 0 Å². The summed E-state index contributed by atoms with van der Waals surface area (Å²) in [6, 6.07) is 4.82. The average molecular weight is 268 g/mol. The van der Waals surface area contributed by atoms with E-state index in [2.05, 4.69) is 18.7 Å². The topological polar surface area (TPSA) is 29.3 Å². The molecule has 1 aromatic rings. The van der Waals surface area contributed by atoms with Crippen LogP contribution in [0.5, 0.6) is 0 Å². The standard InChI is InChI=1S/C14H21FN2S/c1-3-5-17(6-4-2)10-11-7-12(14(16)18)9-13(15)8-11/h7-9H,3-6,10H2,1-2H3,(H2,16,18). The van der Waals surface area contributed by atoms with Crippen molar-refractivity contribution in [1.29, 1.82) is 0 Å². The zero-order valence-electron chi connectivity index (χ0n) is 11.1. The van der Waals surface area contributed by atoms with Crippen LogP contribution in [0, 0.1) is 5.82 Å². The Morgan fingerprint density at radius 3 is 2.33 bits per heavy atom. The summed E-state index contributed by atoms with van der Waals surface area (Å²) in [4.78, 5) is 2.56. The minimum Gasteiger partial charge on any atom is -0.389 e. The van der Waals surface area contributed by atoms with Crippen molar-refractivity contribution >= 4 is 17.2 Å². The highest BCUT2D eigenvalue weighted by Gasteiger charge is 2.07. The predicted octanol–water partition coefficient (Wildman–Crippen LogP) is 3.08. The lowest BCUT2D eigenvalue weighted by Crippen LogP contribution is -2.25. The Kier molecular flexibility index (Phi) is 6.22. The Labute approximate surface area is 114 Å². The summed E-state index contributed by atoms with van der Waals surface area (Å²) < 4.78 is 13.5. The fraction of sp³-hybridized carbons (Fsp3) is 0.500. The van der Waals surface area contributed by atoms with Crippen molar-refractivity contribution in [3.05, 3.63) is 35.1 Å². The van der Waals surface area contributed by atoms with Gasteiger partial charge < -0.3 is 5.73 Å². The van der Waals surface area contributed by atoms with Gasteiger partial charge in [-0.05, 0) is 49.7 Å². The Morgan fingerprint density at radius 2 is 1.83 bits per heavy atom. The van der Waals surface area contributed by atoms with Crippen LogP contribution < -0.4 is 5.73 Å². The van der Waals surface area contributed by atoms with Gasteiger partial charge in [0.15, 0.2) is 0 Å². The van der Waals surface area contributed by atoms with Crippen LogP contribution >= 0.6 is 12.2 Å². The third-order valence-corrected chi connectivity index (χ3v) is 2.96. The van der Waals surface area contributed by atoms with Crippen molar-refractivity contribution in [1.82, 2.24) is 4.90 Å². The van der Waals surface area contributed by atoms with Crippen molar-refractivity contribution in [3.8, 4) is 0 Å². The number of halogens is 1. The smallest absolute Gasteiger partial charge is 0.124 e. The van der Waals surface area contributed by atoms with Gasteiger partial charge in [0, 0.05) is 12.1 Å². The molecular formula is C14H21FN2S. The molecule has 0 amide bonds. The lowest BCUT2D eigenvalue weighted by molar-refractivity contribution is 0.266. The van der Waals surface area contributed by atoms with E-state index in [9.17, 15) is 4.39 Å². The van der Waals surface area contributed by atoms with Gasteiger partial charge in [-0.15, -0.1) is 0 Å². The van der Waals surface area contributed by atoms with Gasteiger partial charge in [0.05, 0.1) is 0 Å². The molecule has 2 nitrogen and oxygen atoms in total. The Hall–Kier alpha value is -1.00. The number of thiocarbonyl (C=S) groups is 1. The van der Waals surface area contributed by atoms with Crippen molar-refractivity contribution in [2.45, 2.75) is 33.2 Å². The van der Waals surface area contributed by atoms with Crippen molar-refractivity contribution in [2.24, 2.45) is 5.73 Å². The van der Waals surface area contributed by atoms with Gasteiger partial charge in [-0.3, -0.25) is 4.90 Å². The van der Waals surface area contributed by atoms with E-state index in [4.69, 9.17) is 18.0 Å². The van der Waals surface area contributed by atoms with Gasteiger partial charge in [0.2, 0.25) is 0 Å². The van der Waals surface area contributed by atoms with Crippen LogP contribution in [0.15, 0.2) is 18.2 Å². The number of nitrogens with zero attached hydrogens (tertiary/aromatic N) is 1. The van der Waals surface area contributed by atoms with Crippen LogP contribution in [0.1, 0.15) is 37.8 Å². The Morgan fingerprint density at radius 1 is 1.22 bits per heavy atom. The van der Waals surface area contributed by atoms with Gasteiger partial charge in [-0.25, -0.2) is 4.39 Å². The van der Waals surface area contributed by atoms with E-state index in [0.29, 0.717) is 5.56 Å². The largest absolute Gasteiger partial charge is 0.389 e. The average Bonchev–Trinajstić information content (AvgIpc) is 2.28. The molecule has 0 saturated carbocycles. The first-order chi connectivity index (χ1) is 8.56. The molecule has 0 aromatic heterocycles. The highest BCUT2D eigenvalue weighted by Crippen LogP contribution is 2.12. The fourth-order valence-corrected chi connectivity index (χ4v) is 2.16. The quantitative estimate of drug-likeness (QED) is 0.771. The van der Waals surface area contributed by atoms with E-state index in [-0.39, 0.29) is 10.8 Å². The first-order valence-electron chi connectivity index (χ1n) is 6.38. The second-order valence-corrected chi connectivity index (χ2v) is 4.93. The molecule has 0 radical (unpaired) electrons. The first-order valence-corrected chi connectivity index (χ1v) is 6.79. The van der Waals surface area contributed by atoms with E-state index in [1.807, 2.05) is 6.07 Å². The second kappa shape index (κ2) is 7.44. The van der Waals surface area contributed by atoms with E-state index in [0.717, 1.165) is 38.0 Å². The minimum atomic E-state index is -0.275. The molecule has 0 spiro atoms. The van der Waals surface area contributed by atoms with E-state index < -0.39 is 0 Å². The van der Waals surface area contributed by atoms with Crippen LogP contribution in [0.3, 0.4) is 0 Å². The maximum atomic E-state index is 13.5. The molecule has 18 heavy (non-hydrogen) atoms. The summed E-state index contributed by atoms with van der Waals surface area (Å²) in [5, 5.41) is 0. The summed E-state index contributed by atoms with van der Waals surface area (Å²) in [6.07, 6.45) is 2.19. The van der Waals surface area contributed by atoms with Crippen molar-refractivity contribution < 1.29 is 4.39 Å². The molecule has 100 valence electrons. The molecule has 0 unspecified atom stereocenters.